The summed E-state index contributed by atoms with van der Waals surface area (Å²) < 4.78 is 74.3. The minimum atomic E-state index is -3.36. The number of pyridine rings is 1. The van der Waals surface area contributed by atoms with Gasteiger partial charge >= 0.3 is 0 Å². The summed E-state index contributed by atoms with van der Waals surface area (Å²) in [6.45, 7) is 3.14. The van der Waals surface area contributed by atoms with Gasteiger partial charge in [0.1, 0.15) is 27.8 Å². The van der Waals surface area contributed by atoms with Gasteiger partial charge in [0.25, 0.3) is 11.5 Å². The monoisotopic (exact) mass is 581 g/mol. The molecule has 3 heterocycles. The molecule has 1 aliphatic rings. The summed E-state index contributed by atoms with van der Waals surface area (Å²) >= 11 is 0. The fourth-order valence-electron chi connectivity index (χ4n) is 4.80. The number of fused-ring (bicyclic) bond motifs is 1. The number of alkyl halides is 2. The molecule has 1 fully saturated rings. The van der Waals surface area contributed by atoms with Crippen LogP contribution in [0.4, 0.5) is 19.0 Å². The highest BCUT2D eigenvalue weighted by Crippen LogP contribution is 2.38. The summed E-state index contributed by atoms with van der Waals surface area (Å²) in [5, 5.41) is 7.74. The molecule has 4 rings (SSSR count). The average molecular weight is 582 g/mol. The van der Waals surface area contributed by atoms with Crippen LogP contribution in [0.15, 0.2) is 29.1 Å². The second kappa shape index (κ2) is 11.4. The first-order valence-corrected chi connectivity index (χ1v) is 14.8. The average Bonchev–Trinajstić information content (AvgIpc) is 2.86. The molecule has 1 atom stereocenters. The van der Waals surface area contributed by atoms with Crippen LogP contribution in [-0.4, -0.2) is 66.8 Å². The van der Waals surface area contributed by atoms with Crippen molar-refractivity contribution in [2.75, 3.05) is 44.1 Å². The number of aromatic nitrogens is 3. The van der Waals surface area contributed by atoms with E-state index in [2.05, 4.69) is 15.4 Å². The van der Waals surface area contributed by atoms with Crippen LogP contribution >= 0.6 is 0 Å². The number of sulfone groups is 1. The van der Waals surface area contributed by atoms with Crippen molar-refractivity contribution in [3.8, 4) is 5.88 Å². The number of ether oxygens (including phenoxy) is 1. The molecular weight excluding hydrogens is 547 g/mol. The Morgan fingerprint density at radius 1 is 1.25 bits per heavy atom. The molecular formula is C27H34F3N5O4S. The van der Waals surface area contributed by atoms with Crippen molar-refractivity contribution in [1.29, 1.82) is 0 Å². The number of nitrogens with zero attached hydrogens (tertiary/aromatic N) is 4. The van der Waals surface area contributed by atoms with Gasteiger partial charge < -0.3 is 15.0 Å². The number of hydrogen-bond donors (Lipinski definition) is 1. The Bertz CT molecular complexity index is 1560. The van der Waals surface area contributed by atoms with Crippen molar-refractivity contribution < 1.29 is 26.3 Å². The molecule has 0 saturated carbocycles. The lowest BCUT2D eigenvalue weighted by Crippen LogP contribution is -2.26. The lowest BCUT2D eigenvalue weighted by atomic mass is 9.93. The number of anilines is 1. The Hall–Kier alpha value is -3.19. The van der Waals surface area contributed by atoms with Crippen LogP contribution in [0.1, 0.15) is 55.3 Å². The van der Waals surface area contributed by atoms with Gasteiger partial charge in [-0.15, -0.1) is 0 Å². The largest absolute Gasteiger partial charge is 0.476 e. The number of rotatable bonds is 9. The lowest BCUT2D eigenvalue weighted by molar-refractivity contribution is 0.0136. The third-order valence-electron chi connectivity index (χ3n) is 7.11. The topological polar surface area (TPSA) is 106 Å². The maximum atomic E-state index is 15.1. The number of likely N-dealkylation sites (N-methyl/N-ethyl adjacent to an activating group) is 1. The number of halogens is 3. The third kappa shape index (κ3) is 6.41. The standard InChI is InChI=1S/C27H34F3N5O4S/c1-16(18-7-6-8-21(22(18)28)27(2,29)30)31-24-20-15-19(17-9-13-40(37,38)14-10-17)25(39-12-11-34(3)4)32-23(20)26(36)35(5)33-24/h6-8,15-17H,9-14H2,1-5H3,(H,31,33)/t16-/m1/s1. The first kappa shape index (κ1) is 29.8. The maximum Gasteiger partial charge on any atom is 0.293 e. The van der Waals surface area contributed by atoms with Crippen LogP contribution in [0.3, 0.4) is 0 Å². The van der Waals surface area contributed by atoms with Gasteiger partial charge in [0.2, 0.25) is 5.88 Å². The molecule has 9 nitrogen and oxygen atoms in total. The van der Waals surface area contributed by atoms with Crippen molar-refractivity contribution in [2.24, 2.45) is 7.05 Å². The van der Waals surface area contributed by atoms with Crippen molar-refractivity contribution in [1.82, 2.24) is 19.7 Å². The molecule has 0 spiro atoms. The molecule has 1 saturated heterocycles. The van der Waals surface area contributed by atoms with E-state index in [1.807, 2.05) is 19.0 Å². The van der Waals surface area contributed by atoms with E-state index in [1.54, 1.807) is 13.0 Å². The van der Waals surface area contributed by atoms with Gasteiger partial charge in [-0.05, 0) is 45.8 Å². The Balaban J connectivity index is 1.80. The second-order valence-electron chi connectivity index (χ2n) is 10.6. The molecule has 0 aliphatic carbocycles. The number of hydrogen-bond acceptors (Lipinski definition) is 8. The van der Waals surface area contributed by atoms with E-state index >= 15 is 4.39 Å². The number of nitrogens with one attached hydrogen (secondary N) is 1. The molecule has 3 aromatic rings. The highest BCUT2D eigenvalue weighted by molar-refractivity contribution is 7.91. The number of benzene rings is 1. The van der Waals surface area contributed by atoms with Gasteiger partial charge in [-0.1, -0.05) is 18.2 Å². The zero-order valence-electron chi connectivity index (χ0n) is 23.2. The SMILES string of the molecule is C[C@@H](Nc1nn(C)c(=O)c2nc(OCCN(C)C)c(C3CCS(=O)(=O)CC3)cc12)c1cccc(C(C)(F)F)c1F. The van der Waals surface area contributed by atoms with E-state index in [0.717, 1.165) is 10.7 Å². The molecule has 40 heavy (non-hydrogen) atoms. The Morgan fingerprint density at radius 2 is 1.93 bits per heavy atom. The quantitative estimate of drug-likeness (QED) is 0.405. The van der Waals surface area contributed by atoms with Gasteiger partial charge in [0.05, 0.1) is 28.5 Å². The van der Waals surface area contributed by atoms with E-state index in [1.165, 1.54) is 19.2 Å². The zero-order valence-corrected chi connectivity index (χ0v) is 24.0. The van der Waals surface area contributed by atoms with Crippen LogP contribution in [-0.2, 0) is 22.8 Å². The summed E-state index contributed by atoms with van der Waals surface area (Å²) in [6, 6.07) is 4.75. The highest BCUT2D eigenvalue weighted by atomic mass is 32.2. The van der Waals surface area contributed by atoms with Crippen LogP contribution < -0.4 is 15.6 Å². The van der Waals surface area contributed by atoms with E-state index in [4.69, 9.17) is 4.74 Å². The predicted octanol–water partition coefficient (Wildman–Crippen LogP) is 3.99. The Kier molecular flexibility index (Phi) is 8.46. The van der Waals surface area contributed by atoms with Crippen molar-refractivity contribution in [2.45, 2.75) is 44.6 Å². The van der Waals surface area contributed by atoms with Gasteiger partial charge in [-0.3, -0.25) is 4.79 Å². The predicted molar refractivity (Wildman–Crippen MR) is 147 cm³/mol. The van der Waals surface area contributed by atoms with Crippen LogP contribution in [0.2, 0.25) is 0 Å². The van der Waals surface area contributed by atoms with Gasteiger partial charge in [-0.2, -0.15) is 5.10 Å². The number of aryl methyl sites for hydroxylation is 1. The Morgan fingerprint density at radius 3 is 2.55 bits per heavy atom. The first-order chi connectivity index (χ1) is 18.7. The summed E-state index contributed by atoms with van der Waals surface area (Å²) in [6.07, 6.45) is 0.750. The van der Waals surface area contributed by atoms with E-state index in [-0.39, 0.29) is 40.2 Å². The van der Waals surface area contributed by atoms with Gasteiger partial charge in [0, 0.05) is 31.6 Å². The minimum Gasteiger partial charge on any atom is -0.476 e. The van der Waals surface area contributed by atoms with Gasteiger partial charge in [-0.25, -0.2) is 31.3 Å². The summed E-state index contributed by atoms with van der Waals surface area (Å²) in [4.78, 5) is 19.6. The Labute approximate surface area is 231 Å². The molecule has 0 unspecified atom stereocenters. The van der Waals surface area contributed by atoms with E-state index in [9.17, 15) is 22.0 Å². The smallest absolute Gasteiger partial charge is 0.293 e. The summed E-state index contributed by atoms with van der Waals surface area (Å²) in [5.41, 5.74) is -0.466. The van der Waals surface area contributed by atoms with Crippen molar-refractivity contribution >= 4 is 26.6 Å². The molecule has 0 radical (unpaired) electrons. The highest BCUT2D eigenvalue weighted by Gasteiger charge is 2.31. The van der Waals surface area contributed by atoms with E-state index in [0.29, 0.717) is 43.9 Å². The zero-order chi connectivity index (χ0) is 29.4. The molecule has 0 bridgehead atoms. The lowest BCUT2D eigenvalue weighted by Gasteiger charge is -2.25. The molecule has 0 amide bonds. The molecule has 1 N–H and O–H groups in total. The molecule has 13 heteroatoms. The summed E-state index contributed by atoms with van der Waals surface area (Å²) in [5.74, 6) is -4.05. The molecule has 1 aliphatic heterocycles. The maximum absolute atomic E-state index is 15.1. The molecule has 218 valence electrons. The normalized spacial score (nSPS) is 16.8. The summed E-state index contributed by atoms with van der Waals surface area (Å²) in [7, 11) is 2.11. The third-order valence-corrected chi connectivity index (χ3v) is 8.83. The molecule has 1 aromatic carbocycles. The first-order valence-electron chi connectivity index (χ1n) is 13.0. The van der Waals surface area contributed by atoms with Crippen LogP contribution in [0.25, 0.3) is 10.9 Å². The van der Waals surface area contributed by atoms with Crippen LogP contribution in [0, 0.1) is 5.82 Å². The fourth-order valence-corrected chi connectivity index (χ4v) is 6.30. The van der Waals surface area contributed by atoms with Crippen molar-refractivity contribution in [3.63, 3.8) is 0 Å². The minimum absolute atomic E-state index is 0.0112. The van der Waals surface area contributed by atoms with Gasteiger partial charge in [0.15, 0.2) is 5.82 Å². The van der Waals surface area contributed by atoms with Crippen LogP contribution in [0.5, 0.6) is 5.88 Å². The fraction of sp³-hybridized carbons (Fsp3) is 0.519. The van der Waals surface area contributed by atoms with Crippen molar-refractivity contribution in [3.05, 3.63) is 57.1 Å². The molecule has 2 aromatic heterocycles. The second-order valence-corrected chi connectivity index (χ2v) is 12.9. The van der Waals surface area contributed by atoms with E-state index < -0.39 is 38.7 Å².